The number of carbonyl (C=O) groups is 1. The van der Waals surface area contributed by atoms with Crippen LogP contribution in [0.4, 0.5) is 5.69 Å². The first-order valence-corrected chi connectivity index (χ1v) is 7.20. The molecule has 1 unspecified atom stereocenters. The van der Waals surface area contributed by atoms with E-state index in [9.17, 15) is 4.79 Å². The summed E-state index contributed by atoms with van der Waals surface area (Å²) in [5.74, 6) is 0.215. The van der Waals surface area contributed by atoms with Crippen LogP contribution in [-0.2, 0) is 0 Å². The Morgan fingerprint density at radius 1 is 1.11 bits per heavy atom. The fourth-order valence-corrected chi connectivity index (χ4v) is 3.68. The second-order valence-corrected chi connectivity index (χ2v) is 5.93. The van der Waals surface area contributed by atoms with Crippen molar-refractivity contribution in [3.05, 3.63) is 60.2 Å². The Labute approximate surface area is 117 Å². The van der Waals surface area contributed by atoms with Gasteiger partial charge in [-0.05, 0) is 12.1 Å². The molecule has 2 aromatic carbocycles. The SMILES string of the molecule is CN1CC(C(=O)c2ccccc2)Sc2ccccc21. The molecule has 3 rings (SSSR count). The number of Topliss-reactive ketones (excluding diaryl/α,β-unsaturated/α-hetero) is 1. The highest BCUT2D eigenvalue weighted by Crippen LogP contribution is 2.38. The minimum atomic E-state index is -0.0256. The highest BCUT2D eigenvalue weighted by Gasteiger charge is 2.28. The molecule has 19 heavy (non-hydrogen) atoms. The van der Waals surface area contributed by atoms with Gasteiger partial charge in [-0.3, -0.25) is 4.79 Å². The minimum absolute atomic E-state index is 0.0256. The van der Waals surface area contributed by atoms with Gasteiger partial charge in [-0.15, -0.1) is 11.8 Å². The average molecular weight is 269 g/mol. The summed E-state index contributed by atoms with van der Waals surface area (Å²) in [4.78, 5) is 15.9. The fourth-order valence-electron chi connectivity index (χ4n) is 2.33. The molecule has 0 N–H and O–H groups in total. The molecule has 1 aliphatic rings. The van der Waals surface area contributed by atoms with Crippen LogP contribution >= 0.6 is 11.8 Å². The molecule has 2 aromatic rings. The predicted molar refractivity (Wildman–Crippen MR) is 80.1 cm³/mol. The molecule has 0 aliphatic carbocycles. The molecule has 2 nitrogen and oxygen atoms in total. The van der Waals surface area contributed by atoms with Gasteiger partial charge in [0.05, 0.1) is 10.9 Å². The Kier molecular flexibility index (Phi) is 3.30. The van der Waals surface area contributed by atoms with Crippen molar-refractivity contribution in [1.82, 2.24) is 0 Å². The van der Waals surface area contributed by atoms with E-state index in [4.69, 9.17) is 0 Å². The van der Waals surface area contributed by atoms with E-state index < -0.39 is 0 Å². The number of carbonyl (C=O) groups excluding carboxylic acids is 1. The topological polar surface area (TPSA) is 20.3 Å². The number of para-hydroxylation sites is 1. The fraction of sp³-hybridized carbons (Fsp3) is 0.188. The standard InChI is InChI=1S/C16H15NOS/c1-17-11-15(16(18)12-7-3-2-4-8-12)19-14-10-6-5-9-13(14)17/h2-10,15H,11H2,1H3. The number of nitrogens with zero attached hydrogens (tertiary/aromatic N) is 1. The van der Waals surface area contributed by atoms with Crippen LogP contribution in [0.2, 0.25) is 0 Å². The largest absolute Gasteiger partial charge is 0.372 e. The van der Waals surface area contributed by atoms with Gasteiger partial charge in [0.25, 0.3) is 0 Å². The quantitative estimate of drug-likeness (QED) is 0.779. The van der Waals surface area contributed by atoms with E-state index in [1.54, 1.807) is 11.8 Å². The van der Waals surface area contributed by atoms with E-state index in [1.165, 1.54) is 10.6 Å². The molecule has 0 saturated heterocycles. The molecule has 96 valence electrons. The lowest BCUT2D eigenvalue weighted by Crippen LogP contribution is -2.36. The molecule has 0 amide bonds. The summed E-state index contributed by atoms with van der Waals surface area (Å²) in [6, 6.07) is 17.8. The van der Waals surface area contributed by atoms with E-state index in [0.717, 1.165) is 12.1 Å². The van der Waals surface area contributed by atoms with Gasteiger partial charge in [0.15, 0.2) is 5.78 Å². The molecular weight excluding hydrogens is 254 g/mol. The number of ketones is 1. The number of thioether (sulfide) groups is 1. The number of anilines is 1. The highest BCUT2D eigenvalue weighted by atomic mass is 32.2. The number of hydrogen-bond donors (Lipinski definition) is 0. The monoisotopic (exact) mass is 269 g/mol. The molecule has 0 radical (unpaired) electrons. The van der Waals surface area contributed by atoms with Gasteiger partial charge in [-0.2, -0.15) is 0 Å². The summed E-state index contributed by atoms with van der Waals surface area (Å²) < 4.78 is 0. The second kappa shape index (κ2) is 5.10. The van der Waals surface area contributed by atoms with E-state index in [0.29, 0.717) is 0 Å². The van der Waals surface area contributed by atoms with Gasteiger partial charge in [-0.1, -0.05) is 42.5 Å². The van der Waals surface area contributed by atoms with Gasteiger partial charge >= 0.3 is 0 Å². The van der Waals surface area contributed by atoms with Crippen molar-refractivity contribution in [2.75, 3.05) is 18.5 Å². The lowest BCUT2D eigenvalue weighted by molar-refractivity contribution is 0.0990. The van der Waals surface area contributed by atoms with Crippen LogP contribution < -0.4 is 4.90 Å². The van der Waals surface area contributed by atoms with Crippen LogP contribution in [0.15, 0.2) is 59.5 Å². The number of hydrogen-bond acceptors (Lipinski definition) is 3. The Morgan fingerprint density at radius 2 is 1.79 bits per heavy atom. The van der Waals surface area contributed by atoms with Crippen molar-refractivity contribution < 1.29 is 4.79 Å². The Morgan fingerprint density at radius 3 is 2.58 bits per heavy atom. The number of fused-ring (bicyclic) bond motifs is 1. The molecule has 1 heterocycles. The zero-order valence-electron chi connectivity index (χ0n) is 10.7. The summed E-state index contributed by atoms with van der Waals surface area (Å²) >= 11 is 1.67. The Balaban J connectivity index is 1.88. The van der Waals surface area contributed by atoms with Crippen LogP contribution in [0.1, 0.15) is 10.4 Å². The maximum Gasteiger partial charge on any atom is 0.177 e. The third kappa shape index (κ3) is 2.38. The lowest BCUT2D eigenvalue weighted by atomic mass is 10.1. The predicted octanol–water partition coefficient (Wildman–Crippen LogP) is 3.48. The highest BCUT2D eigenvalue weighted by molar-refractivity contribution is 8.01. The van der Waals surface area contributed by atoms with Crippen LogP contribution in [0.25, 0.3) is 0 Å². The number of rotatable bonds is 2. The summed E-state index contributed by atoms with van der Waals surface area (Å²) in [7, 11) is 2.05. The van der Waals surface area contributed by atoms with Crippen LogP contribution in [0.5, 0.6) is 0 Å². The summed E-state index contributed by atoms with van der Waals surface area (Å²) in [5.41, 5.74) is 2.01. The molecule has 0 bridgehead atoms. The zero-order chi connectivity index (χ0) is 13.2. The van der Waals surface area contributed by atoms with E-state index in [1.807, 2.05) is 49.5 Å². The second-order valence-electron chi connectivity index (χ2n) is 4.69. The zero-order valence-corrected chi connectivity index (χ0v) is 11.6. The van der Waals surface area contributed by atoms with Crippen molar-refractivity contribution in [2.24, 2.45) is 0 Å². The average Bonchev–Trinajstić information content (AvgIpc) is 2.47. The molecule has 1 aliphatic heterocycles. The third-order valence-electron chi connectivity index (χ3n) is 3.34. The lowest BCUT2D eigenvalue weighted by Gasteiger charge is -2.32. The smallest absolute Gasteiger partial charge is 0.177 e. The molecule has 0 fully saturated rings. The van der Waals surface area contributed by atoms with E-state index in [2.05, 4.69) is 17.0 Å². The van der Waals surface area contributed by atoms with Crippen LogP contribution in [-0.4, -0.2) is 24.6 Å². The summed E-state index contributed by atoms with van der Waals surface area (Å²) in [6.45, 7) is 0.759. The minimum Gasteiger partial charge on any atom is -0.372 e. The van der Waals surface area contributed by atoms with Crippen molar-refractivity contribution in [2.45, 2.75) is 10.1 Å². The van der Waals surface area contributed by atoms with Crippen molar-refractivity contribution >= 4 is 23.2 Å². The van der Waals surface area contributed by atoms with E-state index >= 15 is 0 Å². The van der Waals surface area contributed by atoms with Gasteiger partial charge < -0.3 is 4.90 Å². The van der Waals surface area contributed by atoms with Gasteiger partial charge in [0.2, 0.25) is 0 Å². The first-order chi connectivity index (χ1) is 9.25. The molecule has 0 spiro atoms. The summed E-state index contributed by atoms with van der Waals surface area (Å²) in [6.07, 6.45) is 0. The van der Waals surface area contributed by atoms with Crippen molar-refractivity contribution in [3.8, 4) is 0 Å². The van der Waals surface area contributed by atoms with E-state index in [-0.39, 0.29) is 11.0 Å². The molecule has 0 aromatic heterocycles. The first-order valence-electron chi connectivity index (χ1n) is 6.32. The van der Waals surface area contributed by atoms with Crippen molar-refractivity contribution in [3.63, 3.8) is 0 Å². The first kappa shape index (κ1) is 12.3. The Bertz CT molecular complexity index is 597. The van der Waals surface area contributed by atoms with Crippen LogP contribution in [0.3, 0.4) is 0 Å². The molecular formula is C16H15NOS. The maximum atomic E-state index is 12.5. The van der Waals surface area contributed by atoms with Crippen LogP contribution in [0, 0.1) is 0 Å². The third-order valence-corrected chi connectivity index (χ3v) is 4.58. The molecule has 0 saturated carbocycles. The normalized spacial score (nSPS) is 17.9. The van der Waals surface area contributed by atoms with Crippen molar-refractivity contribution in [1.29, 1.82) is 0 Å². The Hall–Kier alpha value is -1.74. The maximum absolute atomic E-state index is 12.5. The molecule has 1 atom stereocenters. The molecule has 3 heteroatoms. The van der Waals surface area contributed by atoms with Gasteiger partial charge in [0.1, 0.15) is 0 Å². The van der Waals surface area contributed by atoms with Gasteiger partial charge in [0, 0.05) is 24.1 Å². The van der Waals surface area contributed by atoms with Gasteiger partial charge in [-0.25, -0.2) is 0 Å². The number of benzene rings is 2. The summed E-state index contributed by atoms with van der Waals surface area (Å²) in [5, 5.41) is -0.0256.